The zero-order valence-corrected chi connectivity index (χ0v) is 81.0. The molecule has 0 radical (unpaired) electrons. The molecule has 3 aliphatic carbocycles. The molecule has 0 aromatic heterocycles. The molecule has 20 rings (SSSR count). The fourth-order valence-corrected chi connectivity index (χ4v) is 18.8. The Kier molecular flexibility index (Phi) is 27.2. The second-order valence-corrected chi connectivity index (χ2v) is 37.7. The summed E-state index contributed by atoms with van der Waals surface area (Å²) in [7, 11) is 0. The highest BCUT2D eigenvalue weighted by molar-refractivity contribution is 5.85. The Labute approximate surface area is 772 Å². The Bertz CT molecular complexity index is 6940. The largest absolute Gasteiger partial charge is 0.0587 e. The molecule has 0 bridgehead atoms. The first-order valence-corrected chi connectivity index (χ1v) is 46.3. The van der Waals surface area contributed by atoms with Gasteiger partial charge in [-0.25, -0.2) is 0 Å². The van der Waals surface area contributed by atoms with Crippen LogP contribution >= 0.6 is 0 Å². The van der Waals surface area contributed by atoms with Gasteiger partial charge in [0.2, 0.25) is 0 Å². The van der Waals surface area contributed by atoms with Gasteiger partial charge in [0.1, 0.15) is 0 Å². The molecule has 0 unspecified atom stereocenters. The fraction of sp³-hybridized carbons (Fsp3) is 0.209. The molecular weight excluding hydrogens is 1550 g/mol. The standard InChI is InChI=1S/C28H26.2C23H22.C22H22.C17H18.C16H18/c1-19-5-7-23(8-6-19)24-9-11-25(12-10-24)26-13-15-27(16-14-26)28-17-20(2)22(4)21(3)18-28;1-14-5-7-22-20(9-14)13-21-12-18(6-8-23(21)22)19-10-15(2)17(4)16(3)11-19;1-14-5-7-18(8-6-14)19-9-10-21-20(12-19)13-22-17(4)16(3)15(2)11-23(21)22;1-15-5-7-19(8-6-15)20-9-11-21(12-10-20)22-13-16(2)18(4)17(3)14-22;1-10-5-6-15-14(7-10)9-16-13(4)12(3)11(2)8-17(15)16;1-11-5-7-15(8-6-11)16-9-12(2)14(4)13(3)10-16/h5-18H,1-4H3;2*5-12H,13H2,1-4H3;5-14H,1-4H3;5-8H,9H2,1-4H3;5-10H,1-4H3. The van der Waals surface area contributed by atoms with Crippen LogP contribution in [0, 0.1) is 166 Å². The molecule has 0 saturated heterocycles. The predicted molar refractivity (Wildman–Crippen MR) is 561 cm³/mol. The summed E-state index contributed by atoms with van der Waals surface area (Å²) in [5.74, 6) is 0. The van der Waals surface area contributed by atoms with Crippen molar-refractivity contribution in [3.8, 4) is 122 Å². The van der Waals surface area contributed by atoms with Crippen LogP contribution in [0.1, 0.15) is 167 Å². The molecule has 0 aliphatic heterocycles. The van der Waals surface area contributed by atoms with Crippen molar-refractivity contribution in [2.75, 3.05) is 0 Å². The van der Waals surface area contributed by atoms with Crippen molar-refractivity contribution in [2.45, 2.75) is 185 Å². The van der Waals surface area contributed by atoms with E-state index in [2.05, 4.69) is 469 Å². The fourth-order valence-electron chi connectivity index (χ4n) is 18.8. The first-order valence-electron chi connectivity index (χ1n) is 46.3. The van der Waals surface area contributed by atoms with Gasteiger partial charge in [0.05, 0.1) is 0 Å². The minimum Gasteiger partial charge on any atom is -0.0587 e. The van der Waals surface area contributed by atoms with Crippen molar-refractivity contribution < 1.29 is 0 Å². The third kappa shape index (κ3) is 20.2. The monoisotopic (exact) mass is 1680 g/mol. The van der Waals surface area contributed by atoms with Gasteiger partial charge in [-0.1, -0.05) is 337 Å². The van der Waals surface area contributed by atoms with Crippen LogP contribution in [0.15, 0.2) is 303 Å². The van der Waals surface area contributed by atoms with Crippen LogP contribution in [0.3, 0.4) is 0 Å². The lowest BCUT2D eigenvalue weighted by Crippen LogP contribution is -1.93. The Balaban J connectivity index is 0.000000120. The molecule has 0 heteroatoms. The van der Waals surface area contributed by atoms with Crippen LogP contribution in [0.5, 0.6) is 0 Å². The average Bonchev–Trinajstić information content (AvgIpc) is 1.61. The predicted octanol–water partition coefficient (Wildman–Crippen LogP) is 35.6. The highest BCUT2D eigenvalue weighted by atomic mass is 14.3. The summed E-state index contributed by atoms with van der Waals surface area (Å²) in [5, 5.41) is 0. The molecule has 3 aliphatic rings. The van der Waals surface area contributed by atoms with Crippen LogP contribution in [0.4, 0.5) is 0 Å². The van der Waals surface area contributed by atoms with Crippen molar-refractivity contribution in [3.05, 3.63) is 470 Å². The maximum Gasteiger partial charge on any atom is -0.00105 e. The van der Waals surface area contributed by atoms with Crippen LogP contribution in [0.25, 0.3) is 122 Å². The van der Waals surface area contributed by atoms with E-state index in [0.717, 1.165) is 19.3 Å². The van der Waals surface area contributed by atoms with E-state index in [4.69, 9.17) is 0 Å². The van der Waals surface area contributed by atoms with E-state index in [0.29, 0.717) is 0 Å². The molecule has 0 N–H and O–H groups in total. The number of rotatable bonds is 8. The van der Waals surface area contributed by atoms with Crippen LogP contribution in [0.2, 0.25) is 0 Å². The van der Waals surface area contributed by atoms with E-state index >= 15 is 0 Å². The molecule has 0 atom stereocenters. The van der Waals surface area contributed by atoms with E-state index in [9.17, 15) is 0 Å². The van der Waals surface area contributed by atoms with Crippen molar-refractivity contribution in [1.29, 1.82) is 0 Å². The van der Waals surface area contributed by atoms with Gasteiger partial charge >= 0.3 is 0 Å². The first kappa shape index (κ1) is 90.5. The molecule has 17 aromatic rings. The minimum atomic E-state index is 1.06. The summed E-state index contributed by atoms with van der Waals surface area (Å²) in [4.78, 5) is 0. The third-order valence-corrected chi connectivity index (χ3v) is 28.5. The third-order valence-electron chi connectivity index (χ3n) is 28.5. The van der Waals surface area contributed by atoms with Crippen LogP contribution in [-0.2, 0) is 19.3 Å². The Hall–Kier alpha value is -13.3. The summed E-state index contributed by atoms with van der Waals surface area (Å²) in [6.45, 7) is 52.6. The van der Waals surface area contributed by atoms with E-state index in [1.54, 1.807) is 0 Å². The molecule has 0 nitrogen and oxygen atoms in total. The molecule has 129 heavy (non-hydrogen) atoms. The first-order chi connectivity index (χ1) is 61.8. The topological polar surface area (TPSA) is 0 Å². The van der Waals surface area contributed by atoms with Gasteiger partial charge < -0.3 is 0 Å². The average molecular weight is 1680 g/mol. The number of hydrogen-bond donors (Lipinski definition) is 0. The lowest BCUT2D eigenvalue weighted by molar-refractivity contribution is 1.16. The van der Waals surface area contributed by atoms with Crippen molar-refractivity contribution in [2.24, 2.45) is 0 Å². The zero-order chi connectivity index (χ0) is 91.5. The molecule has 0 fully saturated rings. The van der Waals surface area contributed by atoms with Gasteiger partial charge in [-0.15, -0.1) is 0 Å². The Morgan fingerprint density at radius 2 is 0.287 bits per heavy atom. The second kappa shape index (κ2) is 38.7. The number of fused-ring (bicyclic) bond motifs is 9. The van der Waals surface area contributed by atoms with Crippen molar-refractivity contribution in [3.63, 3.8) is 0 Å². The van der Waals surface area contributed by atoms with Gasteiger partial charge in [0, 0.05) is 0 Å². The minimum absolute atomic E-state index is 1.06. The summed E-state index contributed by atoms with van der Waals surface area (Å²) in [6, 6.07) is 112. The highest BCUT2D eigenvalue weighted by Gasteiger charge is 2.25. The molecule has 0 spiro atoms. The van der Waals surface area contributed by atoms with E-state index < -0.39 is 0 Å². The maximum atomic E-state index is 2.38. The van der Waals surface area contributed by atoms with Gasteiger partial charge in [-0.3, -0.25) is 0 Å². The normalized spacial score (nSPS) is 11.5. The highest BCUT2D eigenvalue weighted by Crippen LogP contribution is 2.45. The molecule has 0 saturated carbocycles. The number of aryl methyl sites for hydroxylation is 16. The summed E-state index contributed by atoms with van der Waals surface area (Å²) < 4.78 is 0. The second-order valence-electron chi connectivity index (χ2n) is 37.7. The maximum absolute atomic E-state index is 2.38. The van der Waals surface area contributed by atoms with Gasteiger partial charge in [0.15, 0.2) is 0 Å². The van der Waals surface area contributed by atoms with E-state index in [1.165, 1.54) is 289 Å². The molecule has 644 valence electrons. The van der Waals surface area contributed by atoms with Gasteiger partial charge in [-0.2, -0.15) is 0 Å². The molecule has 0 heterocycles. The zero-order valence-electron chi connectivity index (χ0n) is 81.0. The Morgan fingerprint density at radius 1 is 0.116 bits per heavy atom. The molecular formula is C129H128. The van der Waals surface area contributed by atoms with E-state index in [-0.39, 0.29) is 0 Å². The number of hydrogen-bond acceptors (Lipinski definition) is 0. The summed E-state index contributed by atoms with van der Waals surface area (Å²) >= 11 is 0. The Morgan fingerprint density at radius 3 is 0.558 bits per heavy atom. The lowest BCUT2D eigenvalue weighted by Gasteiger charge is -2.11. The van der Waals surface area contributed by atoms with Crippen molar-refractivity contribution in [1.82, 2.24) is 0 Å². The van der Waals surface area contributed by atoms with Gasteiger partial charge in [0.25, 0.3) is 0 Å². The number of benzene rings is 17. The van der Waals surface area contributed by atoms with Crippen molar-refractivity contribution >= 4 is 0 Å². The molecule has 17 aromatic carbocycles. The quantitative estimate of drug-likeness (QED) is 0.142. The van der Waals surface area contributed by atoms with Gasteiger partial charge in [-0.05, 0) is 441 Å². The van der Waals surface area contributed by atoms with Crippen LogP contribution < -0.4 is 0 Å². The molecule has 0 amide bonds. The van der Waals surface area contributed by atoms with Crippen LogP contribution in [-0.4, -0.2) is 0 Å². The lowest BCUT2D eigenvalue weighted by atomic mass is 9.94. The SMILES string of the molecule is Cc1ccc(-c2cc(C)c(C)c(C)c2)cc1.Cc1ccc(-c2ccc(-c3cc(C)c(C)c(C)c3)cc2)cc1.Cc1ccc(-c2ccc(-c3ccc(-c4cc(C)c(C)c(C)c4)cc3)cc2)cc1.Cc1ccc(-c2ccc3c(c2)Cc2c-3cc(C)c(C)c2C)cc1.Cc1ccc2c(c1)Cc1c-2cc(C)c(C)c1C.Cc1ccc2c(c1)Cc1cc(-c3cc(C)c(C)c(C)c3)ccc1-2. The van der Waals surface area contributed by atoms with E-state index in [1.807, 2.05) is 0 Å². The summed E-state index contributed by atoms with van der Waals surface area (Å²) in [5.41, 5.74) is 71.2. The smallest absolute Gasteiger partial charge is 0.00105 e. The summed E-state index contributed by atoms with van der Waals surface area (Å²) in [6.07, 6.45) is 3.24.